The molecule has 28 heavy (non-hydrogen) atoms. The average Bonchev–Trinajstić information content (AvgIpc) is 3.50. The highest BCUT2D eigenvalue weighted by Crippen LogP contribution is 2.58. The molecule has 3 heteroatoms. The Kier molecular flexibility index (Phi) is 3.22. The van der Waals surface area contributed by atoms with Crippen LogP contribution in [0.3, 0.4) is 0 Å². The van der Waals surface area contributed by atoms with Crippen molar-refractivity contribution in [2.75, 3.05) is 11.5 Å². The molecule has 0 amide bonds. The maximum atomic E-state index is 13.1. The van der Waals surface area contributed by atoms with E-state index in [1.807, 2.05) is 6.07 Å². The molecule has 2 aromatic rings. The standard InChI is InChI=1S/C25H26N2O/c1-12(13-2-3-13)16-7-6-15-10-20(22(15)24(16)27)19-11-21(19)25(28)18-9-5-14-4-8-17(14)23(18)26/h5-7,9,13,19-21H,1-4,8,10-11,26-27H2. The number of fused-ring (bicyclic) bond motifs is 2. The fraction of sp³-hybridized carbons (Fsp3) is 0.400. The minimum Gasteiger partial charge on any atom is -0.398 e. The van der Waals surface area contributed by atoms with Crippen molar-refractivity contribution in [2.45, 2.75) is 44.4 Å². The highest BCUT2D eigenvalue weighted by Gasteiger charge is 2.52. The van der Waals surface area contributed by atoms with Crippen molar-refractivity contribution in [3.63, 3.8) is 0 Å². The van der Waals surface area contributed by atoms with E-state index in [1.165, 1.54) is 40.7 Å². The van der Waals surface area contributed by atoms with Crippen LogP contribution in [0.5, 0.6) is 0 Å². The normalized spacial score (nSPS) is 26.5. The van der Waals surface area contributed by atoms with Crippen LogP contribution in [0.25, 0.3) is 5.57 Å². The summed E-state index contributed by atoms with van der Waals surface area (Å²) in [7, 11) is 0. The van der Waals surface area contributed by atoms with Crippen LogP contribution in [-0.2, 0) is 19.3 Å². The quantitative estimate of drug-likeness (QED) is 0.600. The van der Waals surface area contributed by atoms with Gasteiger partial charge in [-0.25, -0.2) is 0 Å². The Morgan fingerprint density at radius 1 is 0.964 bits per heavy atom. The molecule has 4 N–H and O–H groups in total. The molecular weight excluding hydrogens is 344 g/mol. The van der Waals surface area contributed by atoms with Gasteiger partial charge in [0.1, 0.15) is 0 Å². The van der Waals surface area contributed by atoms with Crippen molar-refractivity contribution < 1.29 is 4.79 Å². The Bertz CT molecular complexity index is 1060. The molecule has 0 heterocycles. The second-order valence-corrected chi connectivity index (χ2v) is 9.24. The third-order valence-corrected chi connectivity index (χ3v) is 7.66. The van der Waals surface area contributed by atoms with Crippen LogP contribution in [0, 0.1) is 17.8 Å². The van der Waals surface area contributed by atoms with Crippen molar-refractivity contribution in [3.8, 4) is 0 Å². The lowest BCUT2D eigenvalue weighted by Gasteiger charge is -2.33. The maximum Gasteiger partial charge on any atom is 0.168 e. The summed E-state index contributed by atoms with van der Waals surface area (Å²) in [6.07, 6.45) is 6.58. The summed E-state index contributed by atoms with van der Waals surface area (Å²) in [5.74, 6) is 1.80. The molecule has 0 radical (unpaired) electrons. The number of anilines is 2. The molecule has 4 aliphatic rings. The van der Waals surface area contributed by atoms with E-state index in [2.05, 4.69) is 24.8 Å². The molecule has 4 aliphatic carbocycles. The summed E-state index contributed by atoms with van der Waals surface area (Å²) >= 11 is 0. The van der Waals surface area contributed by atoms with E-state index >= 15 is 0 Å². The molecule has 0 saturated heterocycles. The lowest BCUT2D eigenvalue weighted by Crippen LogP contribution is -2.24. The number of nitrogen functional groups attached to an aromatic ring is 2. The fourth-order valence-electron chi connectivity index (χ4n) is 5.50. The zero-order valence-electron chi connectivity index (χ0n) is 16.1. The first kappa shape index (κ1) is 16.4. The average molecular weight is 370 g/mol. The van der Waals surface area contributed by atoms with E-state index < -0.39 is 0 Å². The highest BCUT2D eigenvalue weighted by atomic mass is 16.1. The van der Waals surface area contributed by atoms with Crippen LogP contribution < -0.4 is 11.5 Å². The van der Waals surface area contributed by atoms with Crippen molar-refractivity contribution >= 4 is 22.7 Å². The number of nitrogens with two attached hydrogens (primary N) is 2. The molecule has 3 atom stereocenters. The van der Waals surface area contributed by atoms with Crippen molar-refractivity contribution in [1.82, 2.24) is 0 Å². The van der Waals surface area contributed by atoms with Crippen molar-refractivity contribution in [1.29, 1.82) is 0 Å². The Labute approximate surface area is 165 Å². The van der Waals surface area contributed by atoms with Gasteiger partial charge in [-0.1, -0.05) is 24.8 Å². The van der Waals surface area contributed by atoms with Crippen LogP contribution in [-0.4, -0.2) is 5.78 Å². The molecule has 6 rings (SSSR count). The van der Waals surface area contributed by atoms with Crippen LogP contribution in [0.15, 0.2) is 30.8 Å². The smallest absolute Gasteiger partial charge is 0.168 e. The van der Waals surface area contributed by atoms with E-state index in [0.29, 0.717) is 17.8 Å². The highest BCUT2D eigenvalue weighted by molar-refractivity contribution is 6.04. The number of Topliss-reactive ketones (excluding diaryl/α,β-unsaturated/α-hetero) is 1. The lowest BCUT2D eigenvalue weighted by molar-refractivity contribution is 0.0959. The zero-order chi connectivity index (χ0) is 19.2. The van der Waals surface area contributed by atoms with E-state index in [9.17, 15) is 4.79 Å². The number of hydrogen-bond donors (Lipinski definition) is 2. The number of carbonyl (C=O) groups is 1. The van der Waals surface area contributed by atoms with Gasteiger partial charge in [0.05, 0.1) is 0 Å². The van der Waals surface area contributed by atoms with E-state index in [-0.39, 0.29) is 11.7 Å². The predicted molar refractivity (Wildman–Crippen MR) is 113 cm³/mol. The summed E-state index contributed by atoms with van der Waals surface area (Å²) in [5, 5.41) is 0. The first-order chi connectivity index (χ1) is 13.5. The number of allylic oxidation sites excluding steroid dienone is 1. The number of carbonyl (C=O) groups excluding carboxylic acids is 1. The fourth-order valence-corrected chi connectivity index (χ4v) is 5.50. The largest absolute Gasteiger partial charge is 0.398 e. The SMILES string of the molecule is C=C(c1ccc2c(c1N)C(C1CC1C(=O)c1ccc3c(c1N)CC3)C2)C1CC1. The molecule has 2 fully saturated rings. The zero-order valence-corrected chi connectivity index (χ0v) is 16.1. The first-order valence-corrected chi connectivity index (χ1v) is 10.6. The number of aryl methyl sites for hydroxylation is 1. The molecule has 142 valence electrons. The molecule has 2 aromatic carbocycles. The Hall–Kier alpha value is -2.55. The molecular formula is C25H26N2O. The Balaban J connectivity index is 1.25. The van der Waals surface area contributed by atoms with Crippen LogP contribution in [0.4, 0.5) is 11.4 Å². The Morgan fingerprint density at radius 2 is 1.71 bits per heavy atom. The molecule has 0 aromatic heterocycles. The van der Waals surface area contributed by atoms with Gasteiger partial charge in [0, 0.05) is 28.4 Å². The topological polar surface area (TPSA) is 69.1 Å². The predicted octanol–water partition coefficient (Wildman–Crippen LogP) is 4.53. The van der Waals surface area contributed by atoms with E-state index in [0.717, 1.165) is 48.2 Å². The summed E-state index contributed by atoms with van der Waals surface area (Å²) in [5.41, 5.74) is 22.8. The molecule has 0 bridgehead atoms. The summed E-state index contributed by atoms with van der Waals surface area (Å²) in [6, 6.07) is 8.42. The van der Waals surface area contributed by atoms with E-state index in [4.69, 9.17) is 11.5 Å². The van der Waals surface area contributed by atoms with Gasteiger partial charge in [0.2, 0.25) is 0 Å². The maximum absolute atomic E-state index is 13.1. The second-order valence-electron chi connectivity index (χ2n) is 9.24. The van der Waals surface area contributed by atoms with Crippen LogP contribution in [0.1, 0.15) is 63.4 Å². The van der Waals surface area contributed by atoms with Crippen LogP contribution in [0.2, 0.25) is 0 Å². The van der Waals surface area contributed by atoms with Crippen molar-refractivity contribution in [2.24, 2.45) is 17.8 Å². The summed E-state index contributed by atoms with van der Waals surface area (Å²) in [6.45, 7) is 4.29. The van der Waals surface area contributed by atoms with Gasteiger partial charge in [0.15, 0.2) is 5.78 Å². The van der Waals surface area contributed by atoms with Gasteiger partial charge in [-0.05, 0) is 90.2 Å². The molecule has 2 saturated carbocycles. The third kappa shape index (κ3) is 2.19. The second kappa shape index (κ2) is 5.50. The third-order valence-electron chi connectivity index (χ3n) is 7.66. The van der Waals surface area contributed by atoms with Crippen molar-refractivity contribution in [3.05, 3.63) is 64.2 Å². The minimum atomic E-state index is 0.105. The summed E-state index contributed by atoms with van der Waals surface area (Å²) < 4.78 is 0. The Morgan fingerprint density at radius 3 is 2.43 bits per heavy atom. The molecule has 0 spiro atoms. The molecule has 3 unspecified atom stereocenters. The van der Waals surface area contributed by atoms with Gasteiger partial charge in [-0.15, -0.1) is 0 Å². The number of ketones is 1. The lowest BCUT2D eigenvalue weighted by atomic mass is 9.71. The van der Waals surface area contributed by atoms with Gasteiger partial charge in [-0.3, -0.25) is 4.79 Å². The van der Waals surface area contributed by atoms with Gasteiger partial charge in [0.25, 0.3) is 0 Å². The van der Waals surface area contributed by atoms with Gasteiger partial charge < -0.3 is 11.5 Å². The summed E-state index contributed by atoms with van der Waals surface area (Å²) in [4.78, 5) is 13.1. The van der Waals surface area contributed by atoms with E-state index in [1.54, 1.807) is 0 Å². The molecule has 3 nitrogen and oxygen atoms in total. The van der Waals surface area contributed by atoms with Gasteiger partial charge >= 0.3 is 0 Å². The minimum absolute atomic E-state index is 0.105. The molecule has 0 aliphatic heterocycles. The van der Waals surface area contributed by atoms with Crippen LogP contribution >= 0.6 is 0 Å². The number of benzene rings is 2. The number of hydrogen-bond acceptors (Lipinski definition) is 3. The number of rotatable bonds is 5. The van der Waals surface area contributed by atoms with Gasteiger partial charge in [-0.2, -0.15) is 0 Å². The first-order valence-electron chi connectivity index (χ1n) is 10.6. The monoisotopic (exact) mass is 370 g/mol.